The fraction of sp³-hybridized carbons (Fsp3) is 0.115. The lowest BCUT2D eigenvalue weighted by Crippen LogP contribution is -2.29. The maximum absolute atomic E-state index is 13.2. The van der Waals surface area contributed by atoms with Gasteiger partial charge in [-0.1, -0.05) is 23.7 Å². The first-order chi connectivity index (χ1) is 16.3. The van der Waals surface area contributed by atoms with Crippen LogP contribution in [0, 0.1) is 0 Å². The van der Waals surface area contributed by atoms with Crippen LogP contribution in [0.5, 0.6) is 5.75 Å². The van der Waals surface area contributed by atoms with E-state index in [-0.39, 0.29) is 17.2 Å². The van der Waals surface area contributed by atoms with E-state index < -0.39 is 17.7 Å². The molecule has 4 rings (SSSR count). The van der Waals surface area contributed by atoms with Gasteiger partial charge in [0.25, 0.3) is 11.7 Å². The van der Waals surface area contributed by atoms with Crippen molar-refractivity contribution in [2.24, 2.45) is 0 Å². The molecule has 8 heteroatoms. The number of carbonyl (C=O) groups excluding carboxylic acids is 3. The van der Waals surface area contributed by atoms with Crippen LogP contribution in [0.1, 0.15) is 24.1 Å². The second-order valence-electron chi connectivity index (χ2n) is 7.68. The molecule has 1 atom stereocenters. The highest BCUT2D eigenvalue weighted by molar-refractivity contribution is 6.51. The van der Waals surface area contributed by atoms with Crippen LogP contribution in [-0.4, -0.2) is 29.8 Å². The molecule has 3 aromatic rings. The number of hydrogen-bond acceptors (Lipinski definition) is 5. The van der Waals surface area contributed by atoms with E-state index in [4.69, 9.17) is 16.3 Å². The predicted molar refractivity (Wildman–Crippen MR) is 130 cm³/mol. The Morgan fingerprint density at radius 2 is 1.59 bits per heavy atom. The van der Waals surface area contributed by atoms with E-state index in [0.29, 0.717) is 33.3 Å². The number of Topliss-reactive ketones (excluding diaryl/α,β-unsaturated/α-hetero) is 1. The monoisotopic (exact) mass is 476 g/mol. The summed E-state index contributed by atoms with van der Waals surface area (Å²) in [5.41, 5.74) is 1.92. The Hall–Kier alpha value is -4.10. The molecule has 172 valence electrons. The van der Waals surface area contributed by atoms with Crippen LogP contribution in [0.25, 0.3) is 5.76 Å². The third-order valence-corrected chi connectivity index (χ3v) is 5.71. The highest BCUT2D eigenvalue weighted by Crippen LogP contribution is 2.42. The number of hydrogen-bond donors (Lipinski definition) is 2. The van der Waals surface area contributed by atoms with Gasteiger partial charge in [0, 0.05) is 28.9 Å². The van der Waals surface area contributed by atoms with Crippen LogP contribution < -0.4 is 15.0 Å². The van der Waals surface area contributed by atoms with Crippen molar-refractivity contribution in [3.63, 3.8) is 0 Å². The lowest BCUT2D eigenvalue weighted by atomic mass is 9.95. The molecule has 0 aromatic heterocycles. The molecule has 1 saturated heterocycles. The van der Waals surface area contributed by atoms with Gasteiger partial charge in [-0.3, -0.25) is 19.3 Å². The molecule has 0 bridgehead atoms. The summed E-state index contributed by atoms with van der Waals surface area (Å²) in [5.74, 6) is -1.50. The van der Waals surface area contributed by atoms with Gasteiger partial charge in [0.05, 0.1) is 18.7 Å². The van der Waals surface area contributed by atoms with Gasteiger partial charge in [-0.05, 0) is 66.2 Å². The highest BCUT2D eigenvalue weighted by atomic mass is 35.5. The summed E-state index contributed by atoms with van der Waals surface area (Å²) in [6, 6.07) is 18.9. The maximum atomic E-state index is 13.2. The molecule has 2 N–H and O–H groups in total. The van der Waals surface area contributed by atoms with Crippen molar-refractivity contribution >= 4 is 46.3 Å². The van der Waals surface area contributed by atoms with Crippen molar-refractivity contribution < 1.29 is 24.2 Å². The number of benzene rings is 3. The first-order valence-electron chi connectivity index (χ1n) is 10.4. The first-order valence-corrected chi connectivity index (χ1v) is 10.8. The van der Waals surface area contributed by atoms with Crippen molar-refractivity contribution in [1.82, 2.24) is 0 Å². The van der Waals surface area contributed by atoms with Crippen molar-refractivity contribution in [2.45, 2.75) is 13.0 Å². The number of nitrogens with one attached hydrogen (secondary N) is 1. The van der Waals surface area contributed by atoms with Gasteiger partial charge in [-0.2, -0.15) is 0 Å². The molecule has 3 aromatic carbocycles. The van der Waals surface area contributed by atoms with Gasteiger partial charge in [0.15, 0.2) is 0 Å². The molecular formula is C26H21ClN2O5. The average Bonchev–Trinajstić information content (AvgIpc) is 3.10. The second-order valence-corrected chi connectivity index (χ2v) is 8.11. The topological polar surface area (TPSA) is 95.9 Å². The SMILES string of the molecule is COc1ccc([C@@H]2C(=C(O)c3ccc(Cl)cc3)C(=O)C(=O)N2c2ccc(NC(C)=O)cc2)cc1. The van der Waals surface area contributed by atoms with Gasteiger partial charge >= 0.3 is 0 Å². The number of methoxy groups -OCH3 is 1. The summed E-state index contributed by atoms with van der Waals surface area (Å²) in [5, 5.41) is 14.2. The fourth-order valence-corrected chi connectivity index (χ4v) is 4.00. The number of halogens is 1. The molecule has 1 aliphatic heterocycles. The molecule has 2 amide bonds. The van der Waals surface area contributed by atoms with E-state index in [2.05, 4.69) is 5.32 Å². The molecule has 1 heterocycles. The first kappa shape index (κ1) is 23.1. The average molecular weight is 477 g/mol. The van der Waals surface area contributed by atoms with Crippen molar-refractivity contribution in [3.8, 4) is 5.75 Å². The Morgan fingerprint density at radius 1 is 0.971 bits per heavy atom. The molecule has 0 aliphatic carbocycles. The minimum Gasteiger partial charge on any atom is -0.507 e. The van der Waals surface area contributed by atoms with E-state index in [1.807, 2.05) is 0 Å². The Labute approximate surface area is 201 Å². The quantitative estimate of drug-likeness (QED) is 0.309. The Morgan fingerprint density at radius 3 is 2.15 bits per heavy atom. The number of rotatable bonds is 5. The zero-order chi connectivity index (χ0) is 24.4. The Bertz CT molecular complexity index is 1280. The second kappa shape index (κ2) is 9.41. The number of anilines is 2. The molecule has 0 saturated carbocycles. The summed E-state index contributed by atoms with van der Waals surface area (Å²) in [4.78, 5) is 39.0. The minimum atomic E-state index is -0.881. The van der Waals surface area contributed by atoms with E-state index >= 15 is 0 Å². The molecule has 34 heavy (non-hydrogen) atoms. The van der Waals surface area contributed by atoms with Crippen LogP contribution >= 0.6 is 11.6 Å². The summed E-state index contributed by atoms with van der Waals surface area (Å²) >= 11 is 5.96. The van der Waals surface area contributed by atoms with E-state index in [1.165, 1.54) is 18.9 Å². The van der Waals surface area contributed by atoms with Crippen molar-refractivity contribution in [3.05, 3.63) is 94.5 Å². The van der Waals surface area contributed by atoms with Crippen molar-refractivity contribution in [1.29, 1.82) is 0 Å². The number of ketones is 1. The predicted octanol–water partition coefficient (Wildman–Crippen LogP) is 4.93. The summed E-state index contributed by atoms with van der Waals surface area (Å²) < 4.78 is 5.23. The Balaban J connectivity index is 1.86. The van der Waals surface area contributed by atoms with Gasteiger partial charge in [-0.15, -0.1) is 0 Å². The van der Waals surface area contributed by atoms with Crippen LogP contribution in [0.4, 0.5) is 11.4 Å². The zero-order valence-corrected chi connectivity index (χ0v) is 19.2. The Kier molecular flexibility index (Phi) is 6.38. The number of nitrogens with zero attached hydrogens (tertiary/aromatic N) is 1. The van der Waals surface area contributed by atoms with Crippen molar-refractivity contribution in [2.75, 3.05) is 17.3 Å². The molecule has 7 nitrogen and oxygen atoms in total. The summed E-state index contributed by atoms with van der Waals surface area (Å²) in [6.07, 6.45) is 0. The fourth-order valence-electron chi connectivity index (χ4n) is 3.87. The van der Waals surface area contributed by atoms with E-state index in [1.54, 1.807) is 72.8 Å². The number of aliphatic hydroxyl groups is 1. The summed E-state index contributed by atoms with van der Waals surface area (Å²) in [7, 11) is 1.54. The van der Waals surface area contributed by atoms with Crippen LogP contribution in [0.3, 0.4) is 0 Å². The third-order valence-electron chi connectivity index (χ3n) is 5.46. The highest BCUT2D eigenvalue weighted by Gasteiger charge is 2.47. The van der Waals surface area contributed by atoms with Gasteiger partial charge in [-0.25, -0.2) is 0 Å². The maximum Gasteiger partial charge on any atom is 0.300 e. The van der Waals surface area contributed by atoms with Crippen LogP contribution in [0.15, 0.2) is 78.4 Å². The summed E-state index contributed by atoms with van der Waals surface area (Å²) in [6.45, 7) is 1.40. The van der Waals surface area contributed by atoms with E-state index in [9.17, 15) is 19.5 Å². The van der Waals surface area contributed by atoms with Crippen LogP contribution in [0.2, 0.25) is 5.02 Å². The molecular weight excluding hydrogens is 456 g/mol. The number of carbonyl (C=O) groups is 3. The largest absolute Gasteiger partial charge is 0.507 e. The van der Waals surface area contributed by atoms with Gasteiger partial charge in [0.2, 0.25) is 5.91 Å². The lowest BCUT2D eigenvalue weighted by Gasteiger charge is -2.25. The molecule has 0 unspecified atom stereocenters. The van der Waals surface area contributed by atoms with E-state index in [0.717, 1.165) is 0 Å². The molecule has 0 spiro atoms. The molecule has 0 radical (unpaired) electrons. The van der Waals surface area contributed by atoms with Gasteiger partial charge < -0.3 is 15.2 Å². The van der Waals surface area contributed by atoms with Crippen LogP contribution in [-0.2, 0) is 14.4 Å². The third kappa shape index (κ3) is 4.38. The zero-order valence-electron chi connectivity index (χ0n) is 18.4. The molecule has 1 aliphatic rings. The van der Waals surface area contributed by atoms with Gasteiger partial charge in [0.1, 0.15) is 11.5 Å². The minimum absolute atomic E-state index is 0.0385. The standard InChI is InChI=1S/C26H21ClN2O5/c1-15(30)28-19-9-11-20(12-10-19)29-23(16-5-13-21(34-2)14-6-16)22(25(32)26(29)33)24(31)17-3-7-18(27)8-4-17/h3-14,23,31H,1-2H3,(H,28,30)/t23-/m1/s1. The number of amides is 2. The smallest absolute Gasteiger partial charge is 0.300 e. The lowest BCUT2D eigenvalue weighted by molar-refractivity contribution is -0.132. The normalized spacial score (nSPS) is 17.0. The number of aliphatic hydroxyl groups excluding tert-OH is 1. The molecule has 1 fully saturated rings. The number of ether oxygens (including phenoxy) is 1.